The monoisotopic (exact) mass is 256 g/mol. The number of ether oxygens (including phenoxy) is 1. The van der Waals surface area contributed by atoms with Crippen LogP contribution in [0.4, 0.5) is 20.2 Å². The quantitative estimate of drug-likeness (QED) is 0.813. The van der Waals surface area contributed by atoms with Gasteiger partial charge in [-0.25, -0.2) is 8.78 Å². The number of rotatable bonds is 3. The lowest BCUT2D eigenvalue weighted by molar-refractivity contribution is -0.118. The van der Waals surface area contributed by atoms with Crippen LogP contribution in [0.2, 0.25) is 0 Å². The Hall–Kier alpha value is -1.69. The van der Waals surface area contributed by atoms with Gasteiger partial charge in [0.25, 0.3) is 0 Å². The Morgan fingerprint density at radius 1 is 1.50 bits per heavy atom. The minimum Gasteiger partial charge on any atom is -0.397 e. The lowest BCUT2D eigenvalue weighted by atomic mass is 10.1. The maximum Gasteiger partial charge on any atom is 0.227 e. The number of nitrogens with one attached hydrogen (secondary N) is 1. The molecule has 1 aromatic rings. The van der Waals surface area contributed by atoms with E-state index in [0.717, 1.165) is 18.9 Å². The Balaban J connectivity index is 2.02. The summed E-state index contributed by atoms with van der Waals surface area (Å²) in [4.78, 5) is 11.7. The standard InChI is InChI=1S/C12H14F2N2O2/c13-7-4-9(14)12(10(15)5-7)16-11(17)6-8-2-1-3-18-8/h4-5,8H,1-3,6,15H2,(H,16,17). The zero-order valence-corrected chi connectivity index (χ0v) is 9.71. The maximum atomic E-state index is 13.4. The topological polar surface area (TPSA) is 64.3 Å². The molecule has 6 heteroatoms. The smallest absolute Gasteiger partial charge is 0.227 e. The Labute approximate surface area is 103 Å². The molecule has 0 radical (unpaired) electrons. The highest BCUT2D eigenvalue weighted by atomic mass is 19.1. The predicted octanol–water partition coefficient (Wildman–Crippen LogP) is 2.05. The van der Waals surface area contributed by atoms with Gasteiger partial charge in [0.15, 0.2) is 5.82 Å². The number of nitrogens with two attached hydrogens (primary N) is 1. The lowest BCUT2D eigenvalue weighted by Crippen LogP contribution is -2.20. The number of carbonyl (C=O) groups excluding carboxylic acids is 1. The zero-order chi connectivity index (χ0) is 13.1. The molecule has 0 spiro atoms. The van der Waals surface area contributed by atoms with E-state index in [1.807, 2.05) is 0 Å². The first-order valence-corrected chi connectivity index (χ1v) is 5.72. The van der Waals surface area contributed by atoms with E-state index in [2.05, 4.69) is 5.32 Å². The molecule has 0 saturated carbocycles. The number of anilines is 2. The first kappa shape index (κ1) is 12.8. The Kier molecular flexibility index (Phi) is 3.76. The summed E-state index contributed by atoms with van der Waals surface area (Å²) < 4.78 is 31.5. The molecule has 1 saturated heterocycles. The Morgan fingerprint density at radius 2 is 2.28 bits per heavy atom. The Morgan fingerprint density at radius 3 is 2.89 bits per heavy atom. The fourth-order valence-corrected chi connectivity index (χ4v) is 1.93. The number of nitrogen functional groups attached to an aromatic ring is 1. The highest BCUT2D eigenvalue weighted by molar-refractivity contribution is 5.94. The molecule has 1 atom stereocenters. The maximum absolute atomic E-state index is 13.4. The molecule has 98 valence electrons. The second-order valence-electron chi connectivity index (χ2n) is 4.24. The third-order valence-corrected chi connectivity index (χ3v) is 2.79. The van der Waals surface area contributed by atoms with E-state index < -0.39 is 11.6 Å². The second kappa shape index (κ2) is 5.30. The summed E-state index contributed by atoms with van der Waals surface area (Å²) in [5.74, 6) is -2.05. The van der Waals surface area contributed by atoms with Crippen LogP contribution in [0, 0.1) is 11.6 Å². The summed E-state index contributed by atoms with van der Waals surface area (Å²) in [7, 11) is 0. The molecule has 2 rings (SSSR count). The second-order valence-corrected chi connectivity index (χ2v) is 4.24. The van der Waals surface area contributed by atoms with Crippen molar-refractivity contribution in [1.82, 2.24) is 0 Å². The zero-order valence-electron chi connectivity index (χ0n) is 9.71. The van der Waals surface area contributed by atoms with Crippen LogP contribution < -0.4 is 11.1 Å². The van der Waals surface area contributed by atoms with Gasteiger partial charge >= 0.3 is 0 Å². The molecule has 1 aliphatic heterocycles. The Bertz CT molecular complexity index is 436. The molecule has 1 heterocycles. The molecule has 0 bridgehead atoms. The summed E-state index contributed by atoms with van der Waals surface area (Å²) in [6.07, 6.45) is 1.76. The van der Waals surface area contributed by atoms with Crippen LogP contribution >= 0.6 is 0 Å². The van der Waals surface area contributed by atoms with E-state index in [1.165, 1.54) is 0 Å². The molecule has 1 aromatic carbocycles. The van der Waals surface area contributed by atoms with Crippen LogP contribution in [-0.4, -0.2) is 18.6 Å². The van der Waals surface area contributed by atoms with Crippen molar-refractivity contribution < 1.29 is 18.3 Å². The molecular formula is C12H14F2N2O2. The van der Waals surface area contributed by atoms with Crippen molar-refractivity contribution in [2.45, 2.75) is 25.4 Å². The van der Waals surface area contributed by atoms with Crippen molar-refractivity contribution in [2.75, 3.05) is 17.7 Å². The molecule has 1 unspecified atom stereocenters. The van der Waals surface area contributed by atoms with Crippen molar-refractivity contribution in [1.29, 1.82) is 0 Å². The first-order valence-electron chi connectivity index (χ1n) is 5.72. The van der Waals surface area contributed by atoms with E-state index in [-0.39, 0.29) is 29.8 Å². The lowest BCUT2D eigenvalue weighted by Gasteiger charge is -2.12. The molecule has 4 nitrogen and oxygen atoms in total. The van der Waals surface area contributed by atoms with E-state index in [4.69, 9.17) is 10.5 Å². The molecule has 1 aliphatic rings. The highest BCUT2D eigenvalue weighted by Gasteiger charge is 2.20. The van der Waals surface area contributed by atoms with Crippen molar-refractivity contribution in [3.63, 3.8) is 0 Å². The largest absolute Gasteiger partial charge is 0.397 e. The third kappa shape index (κ3) is 2.95. The summed E-state index contributed by atoms with van der Waals surface area (Å²) >= 11 is 0. The van der Waals surface area contributed by atoms with Crippen LogP contribution in [0.3, 0.4) is 0 Å². The normalized spacial score (nSPS) is 18.9. The van der Waals surface area contributed by atoms with Gasteiger partial charge in [0.2, 0.25) is 5.91 Å². The SMILES string of the molecule is Nc1cc(F)cc(F)c1NC(=O)CC1CCCO1. The number of carbonyl (C=O) groups is 1. The van der Waals surface area contributed by atoms with Gasteiger partial charge in [0.1, 0.15) is 11.5 Å². The van der Waals surface area contributed by atoms with Crippen molar-refractivity contribution in [3.8, 4) is 0 Å². The summed E-state index contributed by atoms with van der Waals surface area (Å²) in [6.45, 7) is 0.644. The number of halogens is 2. The number of benzene rings is 1. The van der Waals surface area contributed by atoms with E-state index >= 15 is 0 Å². The predicted molar refractivity (Wildman–Crippen MR) is 63.0 cm³/mol. The van der Waals surface area contributed by atoms with Gasteiger partial charge in [0, 0.05) is 12.7 Å². The minimum absolute atomic E-state index is 0.130. The van der Waals surface area contributed by atoms with Crippen LogP contribution in [-0.2, 0) is 9.53 Å². The number of amides is 1. The van der Waals surface area contributed by atoms with Crippen LogP contribution in [0.15, 0.2) is 12.1 Å². The van der Waals surface area contributed by atoms with Crippen molar-refractivity contribution in [2.24, 2.45) is 0 Å². The van der Waals surface area contributed by atoms with Crippen molar-refractivity contribution >= 4 is 17.3 Å². The van der Waals surface area contributed by atoms with Gasteiger partial charge in [-0.2, -0.15) is 0 Å². The van der Waals surface area contributed by atoms with Gasteiger partial charge < -0.3 is 15.8 Å². The van der Waals surface area contributed by atoms with E-state index in [1.54, 1.807) is 0 Å². The van der Waals surface area contributed by atoms with Crippen LogP contribution in [0.5, 0.6) is 0 Å². The van der Waals surface area contributed by atoms with Gasteiger partial charge in [-0.1, -0.05) is 0 Å². The molecule has 1 fully saturated rings. The summed E-state index contributed by atoms with van der Waals surface area (Å²) in [6, 6.07) is 1.64. The fourth-order valence-electron chi connectivity index (χ4n) is 1.93. The van der Waals surface area contributed by atoms with E-state index in [9.17, 15) is 13.6 Å². The first-order chi connectivity index (χ1) is 8.56. The molecule has 18 heavy (non-hydrogen) atoms. The van der Waals surface area contributed by atoms with Crippen molar-refractivity contribution in [3.05, 3.63) is 23.8 Å². The molecule has 0 aromatic heterocycles. The molecule has 3 N–H and O–H groups in total. The number of hydrogen-bond donors (Lipinski definition) is 2. The van der Waals surface area contributed by atoms with Gasteiger partial charge in [-0.3, -0.25) is 4.79 Å². The number of hydrogen-bond acceptors (Lipinski definition) is 3. The van der Waals surface area contributed by atoms with Gasteiger partial charge in [0.05, 0.1) is 18.2 Å². The third-order valence-electron chi connectivity index (χ3n) is 2.79. The van der Waals surface area contributed by atoms with Crippen LogP contribution in [0.25, 0.3) is 0 Å². The highest BCUT2D eigenvalue weighted by Crippen LogP contribution is 2.24. The molecule has 0 aliphatic carbocycles. The average molecular weight is 256 g/mol. The fraction of sp³-hybridized carbons (Fsp3) is 0.417. The van der Waals surface area contributed by atoms with Gasteiger partial charge in [-0.15, -0.1) is 0 Å². The van der Waals surface area contributed by atoms with Crippen LogP contribution in [0.1, 0.15) is 19.3 Å². The molecule has 1 amide bonds. The molecular weight excluding hydrogens is 242 g/mol. The summed E-state index contributed by atoms with van der Waals surface area (Å²) in [5, 5.41) is 2.35. The average Bonchev–Trinajstić information content (AvgIpc) is 2.76. The minimum atomic E-state index is -0.881. The van der Waals surface area contributed by atoms with E-state index in [0.29, 0.717) is 12.7 Å². The van der Waals surface area contributed by atoms with Gasteiger partial charge in [-0.05, 0) is 18.9 Å². The summed E-state index contributed by atoms with van der Waals surface area (Å²) in [5.41, 5.74) is 5.14.